The molecular weight excluding hydrogens is 650 g/mol. The molecule has 2 saturated heterocycles. The topological polar surface area (TPSA) is 180 Å². The van der Waals surface area contributed by atoms with Crippen LogP contribution in [0.15, 0.2) is 59.9 Å². The smallest absolute Gasteiger partial charge is 0.325 e. The molecule has 0 spiro atoms. The van der Waals surface area contributed by atoms with Crippen LogP contribution in [-0.4, -0.2) is 86.6 Å². The lowest BCUT2D eigenvalue weighted by molar-refractivity contribution is -0.160. The fourth-order valence-electron chi connectivity index (χ4n) is 6.33. The number of alkyl halides is 2. The van der Waals surface area contributed by atoms with E-state index in [1.807, 2.05) is 24.3 Å². The molecule has 13 nitrogen and oxygen atoms in total. The van der Waals surface area contributed by atoms with Crippen molar-refractivity contribution >= 4 is 52.4 Å². The number of aromatic nitrogens is 2. The number of carbonyl (C=O) groups is 5. The molecule has 0 radical (unpaired) electrons. The summed E-state index contributed by atoms with van der Waals surface area (Å²) in [5.41, 5.74) is 10.1. The van der Waals surface area contributed by atoms with Crippen molar-refractivity contribution in [2.45, 2.75) is 69.6 Å². The maximum absolute atomic E-state index is 14.9. The van der Waals surface area contributed by atoms with E-state index in [9.17, 15) is 32.8 Å². The summed E-state index contributed by atoms with van der Waals surface area (Å²) in [6, 6.07) is 11.4. The third kappa shape index (κ3) is 7.51. The Morgan fingerprint density at radius 2 is 1.84 bits per heavy atom. The Labute approximate surface area is 286 Å². The van der Waals surface area contributed by atoms with Crippen LogP contribution in [0.4, 0.5) is 8.78 Å². The molecule has 4 heterocycles. The molecule has 0 bridgehead atoms. The number of imide groups is 1. The Bertz CT molecular complexity index is 1910. The van der Waals surface area contributed by atoms with Crippen molar-refractivity contribution < 1.29 is 32.8 Å². The molecule has 1 atom stereocenters. The Hall–Kier alpha value is -5.60. The molecule has 260 valence electrons. The van der Waals surface area contributed by atoms with Gasteiger partial charge < -0.3 is 20.9 Å². The number of rotatable bonds is 10. The first kappa shape index (κ1) is 34.3. The Kier molecular flexibility index (Phi) is 9.93. The normalized spacial score (nSPS) is 18.9. The predicted molar refractivity (Wildman–Crippen MR) is 178 cm³/mol. The van der Waals surface area contributed by atoms with E-state index in [4.69, 9.17) is 5.73 Å². The summed E-state index contributed by atoms with van der Waals surface area (Å²) >= 11 is 0. The zero-order valence-electron chi connectivity index (χ0n) is 27.1. The summed E-state index contributed by atoms with van der Waals surface area (Å²) in [5.74, 6) is -6.88. The Morgan fingerprint density at radius 3 is 2.58 bits per heavy atom. The number of halogens is 2. The van der Waals surface area contributed by atoms with Gasteiger partial charge in [-0.3, -0.25) is 39.3 Å². The van der Waals surface area contributed by atoms with E-state index in [0.29, 0.717) is 46.3 Å². The lowest BCUT2D eigenvalue weighted by Crippen LogP contribution is -2.52. The van der Waals surface area contributed by atoms with Crippen LogP contribution in [-0.2, 0) is 32.3 Å². The SMILES string of the molecule is NC=C(C=NC1CCN(C(=O)C(F)(F)CCC(=O)NCc2ccc3c(c2)CN(C2CCC(=O)NC2=O)C3=O)CC1)c1cnc2ccccc2n1. The standard InChI is InChI=1S/C35H36F2N8O5/c36-35(37,34(50)44-13-10-24(11-14-44)39-18-23(16-38)28-19-40-26-3-1-2-4-27(26)42-28)12-9-30(46)41-17-21-5-6-25-22(15-21)20-45(33(25)49)29-7-8-31(47)43-32(29)48/h1-6,15-16,18-19,24,29H,7-14,17,20,38H2,(H,41,46)(H,43,47,48). The first-order valence-corrected chi connectivity index (χ1v) is 16.4. The van der Waals surface area contributed by atoms with Gasteiger partial charge in [0.2, 0.25) is 17.7 Å². The van der Waals surface area contributed by atoms with E-state index in [-0.39, 0.29) is 56.9 Å². The van der Waals surface area contributed by atoms with Gasteiger partial charge >= 0.3 is 5.92 Å². The minimum absolute atomic E-state index is 0.0285. The van der Waals surface area contributed by atoms with Gasteiger partial charge in [-0.25, -0.2) is 4.98 Å². The van der Waals surface area contributed by atoms with Crippen molar-refractivity contribution in [1.82, 2.24) is 30.4 Å². The van der Waals surface area contributed by atoms with Gasteiger partial charge in [0, 0.05) is 69.0 Å². The van der Waals surface area contributed by atoms with Crippen molar-refractivity contribution in [3.05, 3.63) is 77.2 Å². The number of aliphatic imine (C=N–C) groups is 1. The number of likely N-dealkylation sites (tertiary alicyclic amines) is 1. The number of hydrogen-bond acceptors (Lipinski definition) is 9. The maximum atomic E-state index is 14.9. The molecule has 15 heteroatoms. The molecule has 1 aromatic heterocycles. The van der Waals surface area contributed by atoms with Crippen LogP contribution in [0.1, 0.15) is 65.7 Å². The zero-order valence-corrected chi connectivity index (χ0v) is 27.1. The summed E-state index contributed by atoms with van der Waals surface area (Å²) in [6.45, 7) is 0.400. The average Bonchev–Trinajstić information content (AvgIpc) is 3.44. The third-order valence-corrected chi connectivity index (χ3v) is 9.16. The fraction of sp³-hybridized carbons (Fsp3) is 0.371. The monoisotopic (exact) mass is 686 g/mol. The summed E-state index contributed by atoms with van der Waals surface area (Å²) in [7, 11) is 0. The minimum Gasteiger partial charge on any atom is -0.404 e. The molecule has 6 rings (SSSR count). The highest BCUT2D eigenvalue weighted by atomic mass is 19.3. The average molecular weight is 687 g/mol. The van der Waals surface area contributed by atoms with Gasteiger partial charge in [0.1, 0.15) is 6.04 Å². The van der Waals surface area contributed by atoms with Gasteiger partial charge in [-0.1, -0.05) is 24.3 Å². The lowest BCUT2D eigenvalue weighted by atomic mass is 10.0. The molecule has 4 N–H and O–H groups in total. The van der Waals surface area contributed by atoms with Crippen LogP contribution in [0.3, 0.4) is 0 Å². The predicted octanol–water partition coefficient (Wildman–Crippen LogP) is 2.48. The number of amides is 5. The number of piperidine rings is 2. The Balaban J connectivity index is 0.946. The van der Waals surface area contributed by atoms with Gasteiger partial charge in [-0.15, -0.1) is 0 Å². The summed E-state index contributed by atoms with van der Waals surface area (Å²) in [4.78, 5) is 77.9. The molecule has 3 aliphatic rings. The number of carbonyl (C=O) groups excluding carboxylic acids is 5. The molecule has 3 aromatic rings. The second kappa shape index (κ2) is 14.5. The third-order valence-electron chi connectivity index (χ3n) is 9.16. The number of para-hydroxylation sites is 2. The molecule has 50 heavy (non-hydrogen) atoms. The van der Waals surface area contributed by atoms with Crippen LogP contribution in [0.5, 0.6) is 0 Å². The number of nitrogens with one attached hydrogen (secondary N) is 2. The van der Waals surface area contributed by atoms with Crippen molar-refractivity contribution in [3.63, 3.8) is 0 Å². The summed E-state index contributed by atoms with van der Waals surface area (Å²) < 4.78 is 29.9. The maximum Gasteiger partial charge on any atom is 0.325 e. The molecule has 0 aliphatic carbocycles. The van der Waals surface area contributed by atoms with E-state index in [1.165, 1.54) is 11.1 Å². The largest absolute Gasteiger partial charge is 0.404 e. The van der Waals surface area contributed by atoms with E-state index in [2.05, 4.69) is 25.6 Å². The second-order valence-electron chi connectivity index (χ2n) is 12.5. The van der Waals surface area contributed by atoms with Gasteiger partial charge in [0.25, 0.3) is 11.8 Å². The molecule has 3 aliphatic heterocycles. The van der Waals surface area contributed by atoms with Crippen molar-refractivity contribution in [2.24, 2.45) is 10.7 Å². The number of fused-ring (bicyclic) bond motifs is 2. The number of benzene rings is 2. The fourth-order valence-corrected chi connectivity index (χ4v) is 6.33. The van der Waals surface area contributed by atoms with E-state index < -0.39 is 42.5 Å². The molecule has 2 fully saturated rings. The number of hydrogen-bond donors (Lipinski definition) is 3. The van der Waals surface area contributed by atoms with Crippen molar-refractivity contribution in [2.75, 3.05) is 13.1 Å². The molecular formula is C35H36F2N8O5. The molecule has 1 unspecified atom stereocenters. The van der Waals surface area contributed by atoms with Crippen LogP contribution in [0.25, 0.3) is 16.6 Å². The quantitative estimate of drug-likeness (QED) is 0.215. The Morgan fingerprint density at radius 1 is 1.08 bits per heavy atom. The first-order chi connectivity index (χ1) is 24.0. The summed E-state index contributed by atoms with van der Waals surface area (Å²) in [6.07, 6.45) is 4.24. The van der Waals surface area contributed by atoms with Gasteiger partial charge in [-0.05, 0) is 48.6 Å². The zero-order chi connectivity index (χ0) is 35.4. The highest BCUT2D eigenvalue weighted by Crippen LogP contribution is 2.29. The number of nitrogens with zero attached hydrogens (tertiary/aromatic N) is 5. The van der Waals surface area contributed by atoms with Crippen LogP contribution in [0.2, 0.25) is 0 Å². The van der Waals surface area contributed by atoms with Gasteiger partial charge in [0.05, 0.1) is 29.0 Å². The lowest BCUT2D eigenvalue weighted by Gasteiger charge is -2.32. The molecule has 2 aromatic carbocycles. The summed E-state index contributed by atoms with van der Waals surface area (Å²) in [5, 5.41) is 4.85. The first-order valence-electron chi connectivity index (χ1n) is 16.4. The van der Waals surface area contributed by atoms with Crippen molar-refractivity contribution in [1.29, 1.82) is 0 Å². The highest BCUT2D eigenvalue weighted by Gasteiger charge is 2.43. The van der Waals surface area contributed by atoms with E-state index >= 15 is 0 Å². The minimum atomic E-state index is -3.72. The number of nitrogens with two attached hydrogens (primary N) is 1. The van der Waals surface area contributed by atoms with Gasteiger partial charge in [0.15, 0.2) is 0 Å². The van der Waals surface area contributed by atoms with Crippen LogP contribution >= 0.6 is 0 Å². The van der Waals surface area contributed by atoms with E-state index in [1.54, 1.807) is 30.6 Å². The van der Waals surface area contributed by atoms with Crippen molar-refractivity contribution in [3.8, 4) is 0 Å². The number of allylic oxidation sites excluding steroid dienone is 1. The molecule has 0 saturated carbocycles. The highest BCUT2D eigenvalue weighted by molar-refractivity contribution is 6.09. The second-order valence-corrected chi connectivity index (χ2v) is 12.5. The van der Waals surface area contributed by atoms with Crippen LogP contribution in [0, 0.1) is 0 Å². The van der Waals surface area contributed by atoms with E-state index in [0.717, 1.165) is 10.4 Å². The van der Waals surface area contributed by atoms with Crippen LogP contribution < -0.4 is 16.4 Å². The van der Waals surface area contributed by atoms with Gasteiger partial charge in [-0.2, -0.15) is 8.78 Å². The molecule has 5 amide bonds.